The Balaban J connectivity index is 1.74. The van der Waals surface area contributed by atoms with Crippen molar-refractivity contribution in [1.29, 1.82) is 0 Å². The number of rotatable bonds is 5. The highest BCUT2D eigenvalue weighted by Gasteiger charge is 2.36. The lowest BCUT2D eigenvalue weighted by molar-refractivity contribution is -0.146. The number of carbonyl (C=O) groups is 1. The minimum absolute atomic E-state index is 0.0483. The molecule has 0 N–H and O–H groups in total. The molecule has 25 heavy (non-hydrogen) atoms. The molecule has 0 spiro atoms. The number of carbonyl (C=O) groups excluding carboxylic acids is 1. The van der Waals surface area contributed by atoms with Crippen LogP contribution in [-0.2, 0) is 9.63 Å². The van der Waals surface area contributed by atoms with Gasteiger partial charge in [-0.3, -0.25) is 4.79 Å². The molecule has 1 aromatic rings. The van der Waals surface area contributed by atoms with Gasteiger partial charge in [-0.1, -0.05) is 12.1 Å². The Morgan fingerprint density at radius 3 is 2.88 bits per heavy atom. The van der Waals surface area contributed by atoms with Gasteiger partial charge in [0.2, 0.25) is 6.10 Å². The molecule has 1 saturated heterocycles. The molecule has 2 aliphatic heterocycles. The van der Waals surface area contributed by atoms with Crippen molar-refractivity contribution in [2.24, 2.45) is 5.16 Å². The van der Waals surface area contributed by atoms with Gasteiger partial charge in [-0.15, -0.1) is 0 Å². The lowest BCUT2D eigenvalue weighted by Gasteiger charge is -2.36. The maximum absolute atomic E-state index is 12.9. The first-order valence-corrected chi connectivity index (χ1v) is 8.93. The quantitative estimate of drug-likeness (QED) is 0.822. The summed E-state index contributed by atoms with van der Waals surface area (Å²) < 4.78 is 10.7. The van der Waals surface area contributed by atoms with E-state index in [9.17, 15) is 4.79 Å². The molecule has 0 saturated carbocycles. The molecule has 0 aromatic heterocycles. The van der Waals surface area contributed by atoms with Crippen molar-refractivity contribution in [1.82, 2.24) is 4.90 Å². The second-order valence-electron chi connectivity index (χ2n) is 6.49. The van der Waals surface area contributed by atoms with Gasteiger partial charge in [0.05, 0.1) is 19.9 Å². The molecular formula is C19H26N2O4. The van der Waals surface area contributed by atoms with Crippen LogP contribution >= 0.6 is 0 Å². The highest BCUT2D eigenvalue weighted by atomic mass is 16.6. The van der Waals surface area contributed by atoms with Gasteiger partial charge in [0, 0.05) is 24.6 Å². The van der Waals surface area contributed by atoms with Gasteiger partial charge in [0.15, 0.2) is 0 Å². The number of benzene rings is 1. The monoisotopic (exact) mass is 346 g/mol. The first kappa shape index (κ1) is 17.6. The number of hydrogen-bond acceptors (Lipinski definition) is 5. The number of likely N-dealkylation sites (tertiary alicyclic amines) is 1. The maximum Gasteiger partial charge on any atom is 0.267 e. The second-order valence-corrected chi connectivity index (χ2v) is 6.49. The summed E-state index contributed by atoms with van der Waals surface area (Å²) in [4.78, 5) is 20.4. The number of oxime groups is 1. The van der Waals surface area contributed by atoms with E-state index in [0.717, 1.165) is 42.8 Å². The fourth-order valence-electron chi connectivity index (χ4n) is 3.61. The zero-order valence-electron chi connectivity index (χ0n) is 15.2. The van der Waals surface area contributed by atoms with Gasteiger partial charge in [-0.05, 0) is 43.9 Å². The Morgan fingerprint density at radius 2 is 2.16 bits per heavy atom. The van der Waals surface area contributed by atoms with E-state index in [1.807, 2.05) is 23.1 Å². The number of ether oxygens (including phenoxy) is 2. The molecule has 3 rings (SSSR count). The summed E-state index contributed by atoms with van der Waals surface area (Å²) in [6, 6.07) is 5.86. The third kappa shape index (κ3) is 3.57. The van der Waals surface area contributed by atoms with Crippen LogP contribution in [-0.4, -0.2) is 49.4 Å². The summed E-state index contributed by atoms with van der Waals surface area (Å²) in [6.07, 6.45) is 4.22. The molecular weight excluding hydrogens is 320 g/mol. The molecule has 2 heterocycles. The maximum atomic E-state index is 12.9. The SMILES string of the molecule is CC[C@@H]1CCCCN1C(=O)[C@H]1CC(c2cc(OC)ccc2OC)=NO1. The minimum atomic E-state index is -0.543. The Kier molecular flexibility index (Phi) is 5.46. The molecule has 6 nitrogen and oxygen atoms in total. The molecule has 136 valence electrons. The number of amides is 1. The summed E-state index contributed by atoms with van der Waals surface area (Å²) in [5, 5.41) is 4.17. The summed E-state index contributed by atoms with van der Waals surface area (Å²) in [5.41, 5.74) is 1.53. The first-order chi connectivity index (χ1) is 12.2. The van der Waals surface area contributed by atoms with Crippen molar-refractivity contribution in [3.63, 3.8) is 0 Å². The molecule has 1 aromatic carbocycles. The predicted octanol–water partition coefficient (Wildman–Crippen LogP) is 2.99. The van der Waals surface area contributed by atoms with Crippen molar-refractivity contribution < 1.29 is 19.1 Å². The Bertz CT molecular complexity index is 659. The largest absolute Gasteiger partial charge is 0.497 e. The van der Waals surface area contributed by atoms with Crippen molar-refractivity contribution in [2.75, 3.05) is 20.8 Å². The lowest BCUT2D eigenvalue weighted by atomic mass is 9.97. The van der Waals surface area contributed by atoms with Crippen LogP contribution in [0.4, 0.5) is 0 Å². The summed E-state index contributed by atoms with van der Waals surface area (Å²) in [5.74, 6) is 1.46. The number of piperidine rings is 1. The molecule has 0 bridgehead atoms. The van der Waals surface area contributed by atoms with E-state index in [2.05, 4.69) is 12.1 Å². The number of hydrogen-bond donors (Lipinski definition) is 0. The third-order valence-corrected chi connectivity index (χ3v) is 5.04. The predicted molar refractivity (Wildman–Crippen MR) is 95.2 cm³/mol. The van der Waals surface area contributed by atoms with E-state index in [-0.39, 0.29) is 5.91 Å². The molecule has 1 amide bonds. The van der Waals surface area contributed by atoms with E-state index in [4.69, 9.17) is 14.3 Å². The standard InChI is InChI=1S/C19H26N2O4/c1-4-13-7-5-6-10-21(13)19(22)18-12-16(20-25-18)15-11-14(23-2)8-9-17(15)24-3/h8-9,11,13,18H,4-7,10,12H2,1-3H3/t13-,18-/m1/s1. The average molecular weight is 346 g/mol. The van der Waals surface area contributed by atoms with Crippen molar-refractivity contribution in [2.45, 2.75) is 51.2 Å². The lowest BCUT2D eigenvalue weighted by Crippen LogP contribution is -2.48. The van der Waals surface area contributed by atoms with E-state index in [0.29, 0.717) is 18.2 Å². The fourth-order valence-corrected chi connectivity index (χ4v) is 3.61. The van der Waals surface area contributed by atoms with Crippen LogP contribution in [0.3, 0.4) is 0 Å². The van der Waals surface area contributed by atoms with Crippen LogP contribution in [0.2, 0.25) is 0 Å². The fraction of sp³-hybridized carbons (Fsp3) is 0.579. The molecule has 2 atom stereocenters. The van der Waals surface area contributed by atoms with E-state index in [1.54, 1.807) is 14.2 Å². The molecule has 0 aliphatic carbocycles. The van der Waals surface area contributed by atoms with Crippen LogP contribution < -0.4 is 9.47 Å². The van der Waals surface area contributed by atoms with Gasteiger partial charge in [-0.25, -0.2) is 0 Å². The summed E-state index contributed by atoms with van der Waals surface area (Å²) >= 11 is 0. The van der Waals surface area contributed by atoms with Crippen molar-refractivity contribution in [3.05, 3.63) is 23.8 Å². The highest BCUT2D eigenvalue weighted by molar-refractivity contribution is 6.06. The van der Waals surface area contributed by atoms with Crippen LogP contribution in [0.15, 0.2) is 23.4 Å². The van der Waals surface area contributed by atoms with E-state index < -0.39 is 6.10 Å². The van der Waals surface area contributed by atoms with E-state index >= 15 is 0 Å². The smallest absolute Gasteiger partial charge is 0.267 e. The average Bonchev–Trinajstić information content (AvgIpc) is 3.16. The molecule has 6 heteroatoms. The zero-order valence-corrected chi connectivity index (χ0v) is 15.2. The summed E-state index contributed by atoms with van der Waals surface area (Å²) in [6.45, 7) is 2.95. The van der Waals surface area contributed by atoms with Crippen LogP contribution in [0, 0.1) is 0 Å². The van der Waals surface area contributed by atoms with Gasteiger partial charge < -0.3 is 19.2 Å². The second kappa shape index (κ2) is 7.76. The number of methoxy groups -OCH3 is 2. The topological polar surface area (TPSA) is 60.4 Å². The molecule has 2 aliphatic rings. The molecule has 0 radical (unpaired) electrons. The van der Waals surface area contributed by atoms with Crippen molar-refractivity contribution >= 4 is 11.6 Å². The summed E-state index contributed by atoms with van der Waals surface area (Å²) in [7, 11) is 3.23. The Hall–Kier alpha value is -2.24. The van der Waals surface area contributed by atoms with Gasteiger partial charge in [0.1, 0.15) is 11.5 Å². The van der Waals surface area contributed by atoms with E-state index in [1.165, 1.54) is 6.42 Å². The molecule has 1 fully saturated rings. The van der Waals surface area contributed by atoms with Crippen LogP contribution in [0.25, 0.3) is 0 Å². The minimum Gasteiger partial charge on any atom is -0.497 e. The Morgan fingerprint density at radius 1 is 1.32 bits per heavy atom. The first-order valence-electron chi connectivity index (χ1n) is 8.93. The van der Waals surface area contributed by atoms with Gasteiger partial charge in [0.25, 0.3) is 5.91 Å². The van der Waals surface area contributed by atoms with Gasteiger partial charge in [-0.2, -0.15) is 0 Å². The highest BCUT2D eigenvalue weighted by Crippen LogP contribution is 2.30. The molecule has 0 unspecified atom stereocenters. The third-order valence-electron chi connectivity index (χ3n) is 5.04. The zero-order chi connectivity index (χ0) is 17.8. The van der Waals surface area contributed by atoms with Crippen LogP contribution in [0.1, 0.15) is 44.6 Å². The number of nitrogens with zero attached hydrogens (tertiary/aromatic N) is 2. The van der Waals surface area contributed by atoms with Crippen LogP contribution in [0.5, 0.6) is 11.5 Å². The van der Waals surface area contributed by atoms with Gasteiger partial charge >= 0.3 is 0 Å². The van der Waals surface area contributed by atoms with Crippen molar-refractivity contribution in [3.8, 4) is 11.5 Å². The Labute approximate surface area is 148 Å². The normalized spacial score (nSPS) is 23.0.